The van der Waals surface area contributed by atoms with Crippen molar-refractivity contribution in [1.82, 2.24) is 29.1 Å². The van der Waals surface area contributed by atoms with Gasteiger partial charge in [0.05, 0.1) is 31.2 Å². The molecule has 0 radical (unpaired) electrons. The molecule has 0 aliphatic carbocycles. The van der Waals surface area contributed by atoms with Crippen LogP contribution in [0.1, 0.15) is 53.4 Å². The molecule has 4 rings (SSSR count). The van der Waals surface area contributed by atoms with Gasteiger partial charge < -0.3 is 19.0 Å². The lowest BCUT2D eigenvalue weighted by atomic mass is 9.98. The zero-order valence-electron chi connectivity index (χ0n) is 22.9. The summed E-state index contributed by atoms with van der Waals surface area (Å²) in [7, 11) is 1.41. The lowest BCUT2D eigenvalue weighted by Gasteiger charge is -2.26. The number of imidazole rings is 2. The molecule has 0 unspecified atom stereocenters. The average Bonchev–Trinajstić information content (AvgIpc) is 3.64. The van der Waals surface area contributed by atoms with Crippen molar-refractivity contribution in [2.24, 2.45) is 0 Å². The van der Waals surface area contributed by atoms with Gasteiger partial charge in [0.25, 0.3) is 0 Å². The molecule has 38 heavy (non-hydrogen) atoms. The largest absolute Gasteiger partial charge is 0.469 e. The third-order valence-corrected chi connectivity index (χ3v) is 6.59. The minimum atomic E-state index is -0.193. The topological polar surface area (TPSA) is 108 Å². The number of methoxy groups -OCH3 is 1. The minimum Gasteiger partial charge on any atom is -0.469 e. The van der Waals surface area contributed by atoms with Gasteiger partial charge in [-0.1, -0.05) is 0 Å². The first kappa shape index (κ1) is 28.7. The molecule has 0 aromatic carbocycles. The number of pyridine rings is 2. The Morgan fingerprint density at radius 3 is 1.79 bits per heavy atom. The van der Waals surface area contributed by atoms with Crippen molar-refractivity contribution in [2.45, 2.75) is 64.5 Å². The maximum atomic E-state index is 11.3. The lowest BCUT2D eigenvalue weighted by Crippen LogP contribution is -2.26. The number of aliphatic hydroxyl groups is 1. The van der Waals surface area contributed by atoms with Gasteiger partial charge in [0, 0.05) is 72.4 Å². The highest BCUT2D eigenvalue weighted by molar-refractivity contribution is 5.69. The van der Waals surface area contributed by atoms with Gasteiger partial charge in [-0.15, -0.1) is 0 Å². The van der Waals surface area contributed by atoms with Crippen LogP contribution in [0.15, 0.2) is 74.1 Å². The number of hydrogen-bond donors (Lipinski definition) is 1. The number of hydrogen-bond acceptors (Lipinski definition) is 7. The van der Waals surface area contributed by atoms with Gasteiger partial charge >= 0.3 is 5.97 Å². The third kappa shape index (κ3) is 7.82. The maximum Gasteiger partial charge on any atom is 0.305 e. The molecule has 1 N–H and O–H groups in total. The average molecular weight is 519 g/mol. The number of ether oxygens (including phenoxy) is 1. The fourth-order valence-corrected chi connectivity index (χ4v) is 3.91. The van der Waals surface area contributed by atoms with Crippen molar-refractivity contribution >= 4 is 5.97 Å². The molecule has 0 atom stereocenters. The molecular weight excluding hydrogens is 480 g/mol. The highest BCUT2D eigenvalue weighted by Gasteiger charge is 2.22. The molecule has 0 bridgehead atoms. The van der Waals surface area contributed by atoms with Crippen LogP contribution in [0.5, 0.6) is 0 Å². The van der Waals surface area contributed by atoms with Gasteiger partial charge in [-0.05, 0) is 71.2 Å². The van der Waals surface area contributed by atoms with E-state index in [2.05, 4.69) is 56.9 Å². The van der Waals surface area contributed by atoms with Crippen LogP contribution in [-0.4, -0.2) is 53.9 Å². The first-order chi connectivity index (χ1) is 18.2. The van der Waals surface area contributed by atoms with Crippen LogP contribution in [0.2, 0.25) is 0 Å². The molecule has 0 spiro atoms. The highest BCUT2D eigenvalue weighted by Crippen LogP contribution is 2.26. The van der Waals surface area contributed by atoms with Crippen molar-refractivity contribution in [3.05, 3.63) is 74.1 Å². The Hall–Kier alpha value is -3.85. The van der Waals surface area contributed by atoms with Crippen molar-refractivity contribution in [3.63, 3.8) is 0 Å². The molecule has 0 aliphatic rings. The van der Waals surface area contributed by atoms with E-state index in [4.69, 9.17) is 5.11 Å². The minimum absolute atomic E-state index is 0.0316. The van der Waals surface area contributed by atoms with Crippen molar-refractivity contribution in [1.29, 1.82) is 0 Å². The number of esters is 1. The predicted octanol–water partition coefficient (Wildman–Crippen LogP) is 5.09. The molecule has 4 aromatic rings. The Bertz CT molecular complexity index is 1270. The Morgan fingerprint density at radius 2 is 1.37 bits per heavy atom. The normalized spacial score (nSPS) is 11.5. The number of aliphatic hydroxyl groups excluding tert-OH is 1. The highest BCUT2D eigenvalue weighted by atomic mass is 16.5. The molecule has 9 heteroatoms. The Balaban J connectivity index is 0.000000212. The molecule has 0 saturated heterocycles. The van der Waals surface area contributed by atoms with Crippen LogP contribution >= 0.6 is 0 Å². The van der Waals surface area contributed by atoms with Gasteiger partial charge in [0.2, 0.25) is 0 Å². The van der Waals surface area contributed by atoms with Crippen LogP contribution in [0.25, 0.3) is 22.5 Å². The Kier molecular flexibility index (Phi) is 9.90. The second kappa shape index (κ2) is 13.1. The summed E-state index contributed by atoms with van der Waals surface area (Å²) in [6.07, 6.45) is 17.6. The monoisotopic (exact) mass is 518 g/mol. The molecule has 202 valence electrons. The molecule has 0 aliphatic heterocycles. The van der Waals surface area contributed by atoms with Crippen LogP contribution < -0.4 is 0 Å². The van der Waals surface area contributed by atoms with Gasteiger partial charge in [0.15, 0.2) is 0 Å². The predicted molar refractivity (Wildman–Crippen MR) is 147 cm³/mol. The summed E-state index contributed by atoms with van der Waals surface area (Å²) in [6, 6.07) is 7.77. The molecule has 0 fully saturated rings. The van der Waals surface area contributed by atoms with Crippen LogP contribution in [0.4, 0.5) is 0 Å². The summed E-state index contributed by atoms with van der Waals surface area (Å²) in [6.45, 7) is 8.68. The summed E-state index contributed by atoms with van der Waals surface area (Å²) in [5.41, 5.74) is 3.59. The van der Waals surface area contributed by atoms with E-state index in [1.807, 2.05) is 53.8 Å². The summed E-state index contributed by atoms with van der Waals surface area (Å²) in [4.78, 5) is 28.3. The van der Waals surface area contributed by atoms with E-state index in [0.29, 0.717) is 12.8 Å². The first-order valence-corrected chi connectivity index (χ1v) is 12.7. The Labute approximate surface area is 224 Å². The molecule has 4 heterocycles. The SMILES string of the molecule is CC(C)(CCCO)n1cnc(-c2cccnc2)c1.COC(=O)CCC(C)(C)n1cnc(-c2cccnc2)c1. The fourth-order valence-electron chi connectivity index (χ4n) is 3.91. The van der Waals surface area contributed by atoms with Crippen molar-refractivity contribution < 1.29 is 14.6 Å². The summed E-state index contributed by atoms with van der Waals surface area (Å²) in [5.74, 6) is -0.189. The molecule has 9 nitrogen and oxygen atoms in total. The van der Waals surface area contributed by atoms with Gasteiger partial charge in [-0.25, -0.2) is 9.97 Å². The van der Waals surface area contributed by atoms with Gasteiger partial charge in [0.1, 0.15) is 0 Å². The quantitative estimate of drug-likeness (QED) is 0.292. The number of carbonyl (C=O) groups is 1. The number of rotatable bonds is 10. The molecular formula is C29H38N6O3. The van der Waals surface area contributed by atoms with Crippen LogP contribution in [-0.2, 0) is 20.6 Å². The second-order valence-corrected chi connectivity index (χ2v) is 10.3. The zero-order valence-corrected chi connectivity index (χ0v) is 22.9. The van der Waals surface area contributed by atoms with E-state index >= 15 is 0 Å². The zero-order chi connectivity index (χ0) is 27.6. The summed E-state index contributed by atoms with van der Waals surface area (Å²) >= 11 is 0. The van der Waals surface area contributed by atoms with E-state index < -0.39 is 0 Å². The summed E-state index contributed by atoms with van der Waals surface area (Å²) < 4.78 is 8.81. The standard InChI is InChI=1S/C15H19N3O2.C14H19N3O/c1-15(2,7-6-14(19)20-3)18-10-13(17-11-18)12-5-4-8-16-9-12;1-14(2,6-4-8-18)17-10-13(16-11-17)12-5-3-7-15-9-12/h4-5,8-11H,6-7H2,1-3H3;3,5,7,9-11,18H,4,6,8H2,1-2H3. The number of carbonyl (C=O) groups excluding carboxylic acids is 1. The Morgan fingerprint density at radius 1 is 0.868 bits per heavy atom. The molecule has 0 amide bonds. The van der Waals surface area contributed by atoms with Crippen molar-refractivity contribution in [3.8, 4) is 22.5 Å². The van der Waals surface area contributed by atoms with E-state index in [-0.39, 0.29) is 23.7 Å². The molecule has 4 aromatic heterocycles. The maximum absolute atomic E-state index is 11.3. The van der Waals surface area contributed by atoms with Crippen LogP contribution in [0, 0.1) is 0 Å². The first-order valence-electron chi connectivity index (χ1n) is 12.7. The van der Waals surface area contributed by atoms with E-state index in [1.54, 1.807) is 24.9 Å². The van der Waals surface area contributed by atoms with E-state index in [9.17, 15) is 4.79 Å². The third-order valence-electron chi connectivity index (χ3n) is 6.59. The summed E-state index contributed by atoms with van der Waals surface area (Å²) in [5, 5.41) is 8.93. The van der Waals surface area contributed by atoms with E-state index in [0.717, 1.165) is 35.4 Å². The number of aromatic nitrogens is 6. The second-order valence-electron chi connectivity index (χ2n) is 10.3. The number of nitrogens with zero attached hydrogens (tertiary/aromatic N) is 6. The van der Waals surface area contributed by atoms with Crippen LogP contribution in [0.3, 0.4) is 0 Å². The van der Waals surface area contributed by atoms with E-state index in [1.165, 1.54) is 7.11 Å². The van der Waals surface area contributed by atoms with Gasteiger partial charge in [-0.3, -0.25) is 14.8 Å². The smallest absolute Gasteiger partial charge is 0.305 e. The lowest BCUT2D eigenvalue weighted by molar-refractivity contribution is -0.141. The van der Waals surface area contributed by atoms with Gasteiger partial charge in [-0.2, -0.15) is 0 Å². The fraction of sp³-hybridized carbons (Fsp3) is 0.414. The molecule has 0 saturated carbocycles. The van der Waals surface area contributed by atoms with Crippen molar-refractivity contribution in [2.75, 3.05) is 13.7 Å².